The average molecular weight is 293 g/mol. The first kappa shape index (κ1) is 15.2. The van der Waals surface area contributed by atoms with Gasteiger partial charge in [0.15, 0.2) is 0 Å². The average Bonchev–Trinajstić information content (AvgIpc) is 2.36. The number of benzene rings is 1. The van der Waals surface area contributed by atoms with E-state index in [2.05, 4.69) is 5.32 Å². The fourth-order valence-electron chi connectivity index (χ4n) is 2.51. The third-order valence-electron chi connectivity index (χ3n) is 3.49. The highest BCUT2D eigenvalue weighted by atomic mass is 16.6. The number of rotatable bonds is 3. The van der Waals surface area contributed by atoms with Crippen molar-refractivity contribution < 1.29 is 14.5 Å². The second-order valence-corrected chi connectivity index (χ2v) is 5.81. The van der Waals surface area contributed by atoms with E-state index in [-0.39, 0.29) is 22.9 Å². The van der Waals surface area contributed by atoms with Crippen molar-refractivity contribution in [3.8, 4) is 0 Å². The van der Waals surface area contributed by atoms with E-state index in [0.717, 1.165) is 0 Å². The van der Waals surface area contributed by atoms with Crippen LogP contribution in [0.1, 0.15) is 37.0 Å². The van der Waals surface area contributed by atoms with E-state index in [1.807, 2.05) is 13.8 Å². The lowest BCUT2D eigenvalue weighted by Crippen LogP contribution is -2.45. The van der Waals surface area contributed by atoms with Gasteiger partial charge in [-0.15, -0.1) is 0 Å². The molecular weight excluding hydrogens is 274 g/mol. The first-order valence-electron chi connectivity index (χ1n) is 6.77. The van der Waals surface area contributed by atoms with E-state index < -0.39 is 10.8 Å². The molecule has 1 aliphatic rings. The molecule has 114 valence electrons. The van der Waals surface area contributed by atoms with Crippen molar-refractivity contribution in [1.29, 1.82) is 0 Å². The topological polar surface area (TPSA) is 107 Å². The predicted octanol–water partition coefficient (Wildman–Crippen LogP) is 1.86. The largest absolute Gasteiger partial charge is 0.399 e. The van der Waals surface area contributed by atoms with Crippen LogP contribution in [0.25, 0.3) is 0 Å². The lowest BCUT2D eigenvalue weighted by Gasteiger charge is -2.35. The fraction of sp³-hybridized carbons (Fsp3) is 0.500. The van der Waals surface area contributed by atoms with E-state index in [1.54, 1.807) is 0 Å². The first-order valence-corrected chi connectivity index (χ1v) is 6.77. The molecule has 7 heteroatoms. The number of carbonyl (C=O) groups is 1. The molecule has 21 heavy (non-hydrogen) atoms. The summed E-state index contributed by atoms with van der Waals surface area (Å²) in [6, 6.07) is 3.92. The lowest BCUT2D eigenvalue weighted by molar-refractivity contribution is -0.385. The van der Waals surface area contributed by atoms with Crippen molar-refractivity contribution in [2.24, 2.45) is 0 Å². The number of nitro groups is 1. The summed E-state index contributed by atoms with van der Waals surface area (Å²) in [6.45, 7) is 4.46. The molecule has 0 radical (unpaired) electrons. The Labute approximate surface area is 122 Å². The molecule has 7 nitrogen and oxygen atoms in total. The first-order chi connectivity index (χ1) is 9.78. The van der Waals surface area contributed by atoms with Crippen LogP contribution in [0, 0.1) is 10.1 Å². The molecule has 0 spiro atoms. The minimum absolute atomic E-state index is 0.00991. The molecule has 1 atom stereocenters. The number of nitrogens with zero attached hydrogens (tertiary/aromatic N) is 1. The SMILES string of the molecule is CC1(C)CC(NC(=O)c2cc(N)ccc2[N+](=O)[O-])CCO1. The van der Waals surface area contributed by atoms with Crippen molar-refractivity contribution in [2.75, 3.05) is 12.3 Å². The number of hydrogen-bond acceptors (Lipinski definition) is 5. The Morgan fingerprint density at radius 1 is 1.52 bits per heavy atom. The van der Waals surface area contributed by atoms with Crippen LogP contribution in [0.3, 0.4) is 0 Å². The molecule has 1 unspecified atom stereocenters. The van der Waals surface area contributed by atoms with E-state index in [0.29, 0.717) is 25.1 Å². The minimum Gasteiger partial charge on any atom is -0.399 e. The van der Waals surface area contributed by atoms with Gasteiger partial charge < -0.3 is 15.8 Å². The second-order valence-electron chi connectivity index (χ2n) is 5.81. The van der Waals surface area contributed by atoms with Gasteiger partial charge in [-0.05, 0) is 38.8 Å². The normalized spacial score (nSPS) is 20.8. The van der Waals surface area contributed by atoms with E-state index in [9.17, 15) is 14.9 Å². The maximum Gasteiger partial charge on any atom is 0.282 e. The van der Waals surface area contributed by atoms with Crippen LogP contribution in [0.5, 0.6) is 0 Å². The maximum absolute atomic E-state index is 12.3. The molecule has 1 aromatic rings. The zero-order valence-corrected chi connectivity index (χ0v) is 12.1. The van der Waals surface area contributed by atoms with Crippen LogP contribution >= 0.6 is 0 Å². The number of nitrogens with two attached hydrogens (primary N) is 1. The lowest BCUT2D eigenvalue weighted by atomic mass is 9.93. The maximum atomic E-state index is 12.3. The summed E-state index contributed by atoms with van der Waals surface area (Å²) in [4.78, 5) is 22.7. The van der Waals surface area contributed by atoms with Gasteiger partial charge in [-0.2, -0.15) is 0 Å². The summed E-state index contributed by atoms with van der Waals surface area (Å²) in [5, 5.41) is 13.8. The molecule has 0 bridgehead atoms. The zero-order chi connectivity index (χ0) is 15.6. The van der Waals surface area contributed by atoms with E-state index in [1.165, 1.54) is 18.2 Å². The van der Waals surface area contributed by atoms with Crippen molar-refractivity contribution in [3.63, 3.8) is 0 Å². The van der Waals surface area contributed by atoms with E-state index in [4.69, 9.17) is 10.5 Å². The molecule has 3 N–H and O–H groups in total. The predicted molar refractivity (Wildman–Crippen MR) is 78.0 cm³/mol. The molecule has 0 aromatic heterocycles. The van der Waals surface area contributed by atoms with Crippen molar-refractivity contribution >= 4 is 17.3 Å². The monoisotopic (exact) mass is 293 g/mol. The van der Waals surface area contributed by atoms with Gasteiger partial charge in [0, 0.05) is 24.4 Å². The number of nitro benzene ring substituents is 1. The Morgan fingerprint density at radius 2 is 2.24 bits per heavy atom. The molecule has 1 heterocycles. The fourth-order valence-corrected chi connectivity index (χ4v) is 2.51. The standard InChI is InChI=1S/C14H19N3O4/c1-14(2)8-10(5-6-21-14)16-13(18)11-7-9(15)3-4-12(11)17(19)20/h3-4,7,10H,5-6,8,15H2,1-2H3,(H,16,18). The van der Waals surface area contributed by atoms with Gasteiger partial charge in [-0.25, -0.2) is 0 Å². The highest BCUT2D eigenvalue weighted by Crippen LogP contribution is 2.25. The molecular formula is C14H19N3O4. The molecule has 1 amide bonds. The Bertz CT molecular complexity index is 571. The Balaban J connectivity index is 2.17. The number of nitrogen functional groups attached to an aromatic ring is 1. The van der Waals surface area contributed by atoms with Gasteiger partial charge >= 0.3 is 0 Å². The van der Waals surface area contributed by atoms with Crippen molar-refractivity contribution in [3.05, 3.63) is 33.9 Å². The number of nitrogens with one attached hydrogen (secondary N) is 1. The van der Waals surface area contributed by atoms with Crippen LogP contribution in [0.4, 0.5) is 11.4 Å². The van der Waals surface area contributed by atoms with Crippen molar-refractivity contribution in [2.45, 2.75) is 38.3 Å². The van der Waals surface area contributed by atoms with Crippen LogP contribution < -0.4 is 11.1 Å². The zero-order valence-electron chi connectivity index (χ0n) is 12.1. The second kappa shape index (κ2) is 5.69. The smallest absolute Gasteiger partial charge is 0.282 e. The number of amides is 1. The van der Waals surface area contributed by atoms with Crippen LogP contribution in [-0.2, 0) is 4.74 Å². The Kier molecular flexibility index (Phi) is 4.13. The molecule has 1 saturated heterocycles. The number of ether oxygens (including phenoxy) is 1. The van der Waals surface area contributed by atoms with Gasteiger partial charge in [0.05, 0.1) is 10.5 Å². The Hall–Kier alpha value is -2.15. The molecule has 2 rings (SSSR count). The Morgan fingerprint density at radius 3 is 2.86 bits per heavy atom. The quantitative estimate of drug-likeness (QED) is 0.502. The van der Waals surface area contributed by atoms with Gasteiger partial charge in [-0.3, -0.25) is 14.9 Å². The molecule has 0 saturated carbocycles. The summed E-state index contributed by atoms with van der Waals surface area (Å²) >= 11 is 0. The van der Waals surface area contributed by atoms with Gasteiger partial charge in [-0.1, -0.05) is 0 Å². The van der Waals surface area contributed by atoms with Crippen LogP contribution in [0.2, 0.25) is 0 Å². The molecule has 1 aliphatic heterocycles. The number of anilines is 1. The molecule has 0 aliphatic carbocycles. The van der Waals surface area contributed by atoms with E-state index >= 15 is 0 Å². The molecule has 1 aromatic carbocycles. The highest BCUT2D eigenvalue weighted by molar-refractivity contribution is 5.99. The van der Waals surface area contributed by atoms with Crippen molar-refractivity contribution in [1.82, 2.24) is 5.32 Å². The van der Waals surface area contributed by atoms with Gasteiger partial charge in [0.25, 0.3) is 11.6 Å². The van der Waals surface area contributed by atoms with Gasteiger partial charge in [0.1, 0.15) is 5.56 Å². The molecule has 1 fully saturated rings. The summed E-state index contributed by atoms with van der Waals surface area (Å²) in [5.41, 5.74) is 5.38. The third-order valence-corrected chi connectivity index (χ3v) is 3.49. The van der Waals surface area contributed by atoms with Gasteiger partial charge in [0.2, 0.25) is 0 Å². The summed E-state index contributed by atoms with van der Waals surface area (Å²) in [6.07, 6.45) is 1.35. The summed E-state index contributed by atoms with van der Waals surface area (Å²) < 4.78 is 5.58. The van der Waals surface area contributed by atoms with Crippen LogP contribution in [0.15, 0.2) is 18.2 Å². The van der Waals surface area contributed by atoms with Crippen LogP contribution in [-0.4, -0.2) is 29.1 Å². The highest BCUT2D eigenvalue weighted by Gasteiger charge is 2.31. The summed E-state index contributed by atoms with van der Waals surface area (Å²) in [7, 11) is 0. The minimum atomic E-state index is -0.581. The number of hydrogen-bond donors (Lipinski definition) is 2. The summed E-state index contributed by atoms with van der Waals surface area (Å²) in [5.74, 6) is -0.475. The number of carbonyl (C=O) groups excluding carboxylic acids is 1. The third kappa shape index (κ3) is 3.69.